The minimum atomic E-state index is -1.20. The number of nitrogens with zero attached hydrogens (tertiary/aromatic N) is 3. The molecule has 1 aromatic carbocycles. The Morgan fingerprint density at radius 2 is 2.17 bits per heavy atom. The highest BCUT2D eigenvalue weighted by molar-refractivity contribution is 8.13. The number of azide groups is 1. The summed E-state index contributed by atoms with van der Waals surface area (Å²) in [7, 11) is 0. The van der Waals surface area contributed by atoms with E-state index in [1.165, 1.54) is 6.92 Å². The van der Waals surface area contributed by atoms with Gasteiger partial charge in [-0.1, -0.05) is 41.1 Å². The van der Waals surface area contributed by atoms with Crippen LogP contribution >= 0.6 is 11.8 Å². The van der Waals surface area contributed by atoms with Crippen LogP contribution in [-0.2, 0) is 4.79 Å². The van der Waals surface area contributed by atoms with Crippen molar-refractivity contribution in [3.05, 3.63) is 40.3 Å². The van der Waals surface area contributed by atoms with Crippen LogP contribution < -0.4 is 0 Å². The molecular formula is C11H13N3O3S. The fourth-order valence-corrected chi connectivity index (χ4v) is 1.97. The highest BCUT2D eigenvalue weighted by Crippen LogP contribution is 2.28. The predicted molar refractivity (Wildman–Crippen MR) is 69.4 cm³/mol. The summed E-state index contributed by atoms with van der Waals surface area (Å²) in [4.78, 5) is 13.4. The van der Waals surface area contributed by atoms with Crippen LogP contribution in [0.1, 0.15) is 18.6 Å². The van der Waals surface area contributed by atoms with Gasteiger partial charge in [-0.3, -0.25) is 4.79 Å². The topological polar surface area (TPSA) is 106 Å². The van der Waals surface area contributed by atoms with Crippen molar-refractivity contribution in [3.63, 3.8) is 0 Å². The number of carbonyl (C=O) groups excluding carboxylic acids is 1. The second-order valence-electron chi connectivity index (χ2n) is 3.56. The van der Waals surface area contributed by atoms with Crippen LogP contribution in [0.25, 0.3) is 10.4 Å². The number of benzene rings is 1. The van der Waals surface area contributed by atoms with E-state index in [0.29, 0.717) is 5.56 Å². The summed E-state index contributed by atoms with van der Waals surface area (Å²) in [5.74, 6) is 0.0844. The Bertz CT molecular complexity index is 474. The number of aliphatic hydroxyl groups is 2. The quantitative estimate of drug-likeness (QED) is 0.485. The van der Waals surface area contributed by atoms with Crippen molar-refractivity contribution in [2.24, 2.45) is 5.11 Å². The maximum atomic E-state index is 10.8. The molecule has 2 unspecified atom stereocenters. The third-order valence-electron chi connectivity index (χ3n) is 2.23. The average molecular weight is 267 g/mol. The molecule has 0 saturated heterocycles. The fourth-order valence-electron chi connectivity index (χ4n) is 1.38. The van der Waals surface area contributed by atoms with Gasteiger partial charge >= 0.3 is 0 Å². The summed E-state index contributed by atoms with van der Waals surface area (Å²) in [5, 5.41) is 23.0. The lowest BCUT2D eigenvalue weighted by molar-refractivity contribution is -0.109. The second kappa shape index (κ2) is 7.03. The van der Waals surface area contributed by atoms with Gasteiger partial charge in [0, 0.05) is 23.3 Å². The van der Waals surface area contributed by atoms with Crippen molar-refractivity contribution in [3.8, 4) is 0 Å². The van der Waals surface area contributed by atoms with Crippen LogP contribution in [0.15, 0.2) is 29.4 Å². The van der Waals surface area contributed by atoms with E-state index in [1.807, 2.05) is 0 Å². The van der Waals surface area contributed by atoms with Gasteiger partial charge in [-0.25, -0.2) is 0 Å². The first-order chi connectivity index (χ1) is 8.56. The number of hydrogen-bond donors (Lipinski definition) is 2. The van der Waals surface area contributed by atoms with Crippen LogP contribution in [0.2, 0.25) is 0 Å². The second-order valence-corrected chi connectivity index (χ2v) is 4.76. The lowest BCUT2D eigenvalue weighted by Crippen LogP contribution is -2.21. The van der Waals surface area contributed by atoms with Gasteiger partial charge in [0.1, 0.15) is 6.10 Å². The zero-order chi connectivity index (χ0) is 13.5. The molecule has 96 valence electrons. The van der Waals surface area contributed by atoms with Crippen LogP contribution in [0, 0.1) is 0 Å². The maximum absolute atomic E-state index is 10.8. The molecule has 0 aromatic heterocycles. The van der Waals surface area contributed by atoms with Gasteiger partial charge in [-0.15, -0.1) is 0 Å². The van der Waals surface area contributed by atoms with Crippen molar-refractivity contribution < 1.29 is 15.0 Å². The van der Waals surface area contributed by atoms with Gasteiger partial charge in [0.2, 0.25) is 0 Å². The largest absolute Gasteiger partial charge is 0.389 e. The molecule has 2 atom stereocenters. The highest BCUT2D eigenvalue weighted by Gasteiger charge is 2.21. The molecule has 7 heteroatoms. The molecule has 0 aliphatic rings. The standard InChI is InChI=1S/C11H13N3O3S/c1-7(15)18-6-10(16)11(17)8-4-2-3-5-9(8)13-14-12/h2-5,10-11,16-17H,6H2,1H3. The van der Waals surface area contributed by atoms with E-state index in [1.54, 1.807) is 24.3 Å². The van der Waals surface area contributed by atoms with Gasteiger partial charge in [-0.05, 0) is 11.1 Å². The molecule has 0 aliphatic carbocycles. The number of hydrogen-bond acceptors (Lipinski definition) is 5. The van der Waals surface area contributed by atoms with Gasteiger partial charge in [0.25, 0.3) is 0 Å². The van der Waals surface area contributed by atoms with E-state index in [2.05, 4.69) is 10.0 Å². The molecule has 0 amide bonds. The zero-order valence-electron chi connectivity index (χ0n) is 9.72. The molecule has 0 radical (unpaired) electrons. The van der Waals surface area contributed by atoms with E-state index in [0.717, 1.165) is 11.8 Å². The van der Waals surface area contributed by atoms with Crippen molar-refractivity contribution in [2.75, 3.05) is 5.75 Å². The summed E-state index contributed by atoms with van der Waals surface area (Å²) in [5.41, 5.74) is 9.01. The van der Waals surface area contributed by atoms with E-state index in [4.69, 9.17) is 5.53 Å². The summed E-state index contributed by atoms with van der Waals surface area (Å²) >= 11 is 0.929. The minimum Gasteiger partial charge on any atom is -0.389 e. The first kappa shape index (κ1) is 14.5. The minimum absolute atomic E-state index is 0.0844. The summed E-state index contributed by atoms with van der Waals surface area (Å²) in [6.07, 6.45) is -2.30. The lowest BCUT2D eigenvalue weighted by Gasteiger charge is -2.18. The normalized spacial score (nSPS) is 13.5. The molecule has 0 heterocycles. The SMILES string of the molecule is CC(=O)SCC(O)C(O)c1ccccc1N=[N+]=[N-]. The average Bonchev–Trinajstić information content (AvgIpc) is 2.36. The molecule has 0 bridgehead atoms. The molecule has 1 rings (SSSR count). The molecule has 18 heavy (non-hydrogen) atoms. The Balaban J connectivity index is 2.85. The molecule has 1 aromatic rings. The summed E-state index contributed by atoms with van der Waals surface area (Å²) in [6, 6.07) is 6.44. The molecule has 0 fully saturated rings. The molecule has 0 spiro atoms. The zero-order valence-corrected chi connectivity index (χ0v) is 10.5. The first-order valence-electron chi connectivity index (χ1n) is 5.19. The third-order valence-corrected chi connectivity index (χ3v) is 3.14. The van der Waals surface area contributed by atoms with Crippen LogP contribution in [-0.4, -0.2) is 27.2 Å². The van der Waals surface area contributed by atoms with Gasteiger partial charge in [0.05, 0.1) is 6.10 Å². The Kier molecular flexibility index (Phi) is 5.67. The Hall–Kier alpha value is -1.53. The summed E-state index contributed by atoms with van der Waals surface area (Å²) in [6.45, 7) is 1.39. The van der Waals surface area contributed by atoms with Gasteiger partial charge in [-0.2, -0.15) is 0 Å². The van der Waals surface area contributed by atoms with Gasteiger partial charge < -0.3 is 10.2 Å². The maximum Gasteiger partial charge on any atom is 0.185 e. The Morgan fingerprint density at radius 1 is 1.50 bits per heavy atom. The molecule has 0 aliphatic heterocycles. The first-order valence-corrected chi connectivity index (χ1v) is 6.18. The fraction of sp³-hybridized carbons (Fsp3) is 0.364. The third kappa shape index (κ3) is 4.05. The number of rotatable bonds is 5. The van der Waals surface area contributed by atoms with Crippen LogP contribution in [0.4, 0.5) is 5.69 Å². The number of aliphatic hydroxyl groups excluding tert-OH is 2. The van der Waals surface area contributed by atoms with Crippen LogP contribution in [0.3, 0.4) is 0 Å². The molecular weight excluding hydrogens is 254 g/mol. The summed E-state index contributed by atoms with van der Waals surface area (Å²) < 4.78 is 0. The lowest BCUT2D eigenvalue weighted by atomic mass is 10.0. The highest BCUT2D eigenvalue weighted by atomic mass is 32.2. The van der Waals surface area contributed by atoms with Crippen LogP contribution in [0.5, 0.6) is 0 Å². The van der Waals surface area contributed by atoms with E-state index in [-0.39, 0.29) is 16.6 Å². The number of thioether (sulfide) groups is 1. The Labute approximate surface area is 108 Å². The Morgan fingerprint density at radius 3 is 2.78 bits per heavy atom. The van der Waals surface area contributed by atoms with E-state index in [9.17, 15) is 15.0 Å². The number of carbonyl (C=O) groups is 1. The van der Waals surface area contributed by atoms with Crippen molar-refractivity contribution >= 4 is 22.6 Å². The molecule has 0 saturated carbocycles. The van der Waals surface area contributed by atoms with Crippen molar-refractivity contribution in [2.45, 2.75) is 19.1 Å². The van der Waals surface area contributed by atoms with E-state index < -0.39 is 12.2 Å². The predicted octanol–water partition coefficient (Wildman–Crippen LogP) is 2.30. The van der Waals surface area contributed by atoms with E-state index >= 15 is 0 Å². The van der Waals surface area contributed by atoms with Crippen molar-refractivity contribution in [1.29, 1.82) is 0 Å². The monoisotopic (exact) mass is 267 g/mol. The molecule has 6 nitrogen and oxygen atoms in total. The van der Waals surface area contributed by atoms with Crippen molar-refractivity contribution in [1.82, 2.24) is 0 Å². The molecule has 2 N–H and O–H groups in total. The van der Waals surface area contributed by atoms with Gasteiger partial charge in [0.15, 0.2) is 5.12 Å². The smallest absolute Gasteiger partial charge is 0.185 e.